The second kappa shape index (κ2) is 4.41. The Balaban J connectivity index is 2.98. The molecule has 80 valence electrons. The van der Waals surface area contributed by atoms with Crippen LogP contribution in [0.4, 0.5) is 17.1 Å². The molecule has 0 amide bonds. The highest BCUT2D eigenvalue weighted by atomic mass is 16.6. The van der Waals surface area contributed by atoms with Crippen molar-refractivity contribution in [1.82, 2.24) is 4.90 Å². The van der Waals surface area contributed by atoms with Crippen LogP contribution < -0.4 is 5.73 Å². The summed E-state index contributed by atoms with van der Waals surface area (Å²) >= 11 is 0. The van der Waals surface area contributed by atoms with Gasteiger partial charge in [-0.3, -0.25) is 10.1 Å². The molecule has 6 heteroatoms. The quantitative estimate of drug-likeness (QED) is 0.267. The summed E-state index contributed by atoms with van der Waals surface area (Å²) in [6, 6.07) is 4.19. The number of hydrogen-bond donors (Lipinski definition) is 1. The molecule has 0 radical (unpaired) electrons. The van der Waals surface area contributed by atoms with E-state index in [-0.39, 0.29) is 5.69 Å². The smallest absolute Gasteiger partial charge is 0.271 e. The van der Waals surface area contributed by atoms with Crippen LogP contribution in [0.2, 0.25) is 0 Å². The van der Waals surface area contributed by atoms with Crippen molar-refractivity contribution in [2.45, 2.75) is 0 Å². The van der Waals surface area contributed by atoms with Gasteiger partial charge in [0.1, 0.15) is 0 Å². The fraction of sp³-hybridized carbons (Fsp3) is 0.222. The molecule has 0 fully saturated rings. The summed E-state index contributed by atoms with van der Waals surface area (Å²) in [6.45, 7) is 0. The Labute approximate surface area is 87.2 Å². The number of hydrogen-bond acceptors (Lipinski definition) is 4. The van der Waals surface area contributed by atoms with E-state index in [1.54, 1.807) is 11.2 Å². The summed E-state index contributed by atoms with van der Waals surface area (Å²) < 4.78 is 0. The molecule has 0 aliphatic carbocycles. The first-order valence-electron chi connectivity index (χ1n) is 4.25. The normalized spacial score (nSPS) is 10.5. The van der Waals surface area contributed by atoms with E-state index < -0.39 is 4.92 Å². The van der Waals surface area contributed by atoms with Gasteiger partial charge in [-0.05, 0) is 6.07 Å². The number of nitro groups is 1. The van der Waals surface area contributed by atoms with E-state index in [0.717, 1.165) is 0 Å². The number of nitrogens with zero attached hydrogens (tertiary/aromatic N) is 3. The zero-order chi connectivity index (χ0) is 11.4. The van der Waals surface area contributed by atoms with Crippen LogP contribution in [0.3, 0.4) is 0 Å². The van der Waals surface area contributed by atoms with Crippen molar-refractivity contribution in [2.75, 3.05) is 19.8 Å². The fourth-order valence-corrected chi connectivity index (χ4v) is 0.951. The highest BCUT2D eigenvalue weighted by molar-refractivity contribution is 5.71. The van der Waals surface area contributed by atoms with Gasteiger partial charge in [-0.15, -0.1) is 0 Å². The molecule has 1 rings (SSSR count). The number of anilines is 1. The molecule has 2 N–H and O–H groups in total. The van der Waals surface area contributed by atoms with Gasteiger partial charge in [-0.1, -0.05) is 0 Å². The van der Waals surface area contributed by atoms with E-state index in [1.165, 1.54) is 18.2 Å². The monoisotopic (exact) mass is 208 g/mol. The third-order valence-electron chi connectivity index (χ3n) is 1.65. The lowest BCUT2D eigenvalue weighted by molar-refractivity contribution is -0.384. The molecule has 0 heterocycles. The summed E-state index contributed by atoms with van der Waals surface area (Å²) in [5, 5.41) is 10.4. The summed E-state index contributed by atoms with van der Waals surface area (Å²) in [7, 11) is 3.65. The Hall–Kier alpha value is -2.11. The molecule has 0 saturated carbocycles. The van der Waals surface area contributed by atoms with Gasteiger partial charge in [-0.25, -0.2) is 4.99 Å². The topological polar surface area (TPSA) is 84.8 Å². The predicted octanol–water partition coefficient (Wildman–Crippen LogP) is 1.40. The van der Waals surface area contributed by atoms with Gasteiger partial charge in [-0.2, -0.15) is 0 Å². The average molecular weight is 208 g/mol. The van der Waals surface area contributed by atoms with E-state index in [9.17, 15) is 10.1 Å². The maximum Gasteiger partial charge on any atom is 0.271 e. The second-order valence-electron chi connectivity index (χ2n) is 3.21. The Kier molecular flexibility index (Phi) is 3.22. The van der Waals surface area contributed by atoms with Crippen molar-refractivity contribution in [2.24, 2.45) is 4.99 Å². The largest absolute Gasteiger partial charge is 0.397 e. The van der Waals surface area contributed by atoms with Crippen molar-refractivity contribution in [3.05, 3.63) is 28.3 Å². The minimum Gasteiger partial charge on any atom is -0.397 e. The molecule has 0 aliphatic heterocycles. The molecule has 1 aromatic carbocycles. The third kappa shape index (κ3) is 2.94. The van der Waals surface area contributed by atoms with E-state index in [2.05, 4.69) is 4.99 Å². The molecular formula is C9H12N4O2. The summed E-state index contributed by atoms with van der Waals surface area (Å²) in [4.78, 5) is 15.8. The van der Waals surface area contributed by atoms with Crippen LogP contribution in [0, 0.1) is 10.1 Å². The maximum absolute atomic E-state index is 10.4. The SMILES string of the molecule is CN(C)/C=N/c1ccc([N+](=O)[O-])cc1N. The van der Waals surface area contributed by atoms with Crippen molar-refractivity contribution in [1.29, 1.82) is 0 Å². The number of rotatable bonds is 3. The first-order chi connectivity index (χ1) is 7.00. The predicted molar refractivity (Wildman–Crippen MR) is 59.3 cm³/mol. The lowest BCUT2D eigenvalue weighted by atomic mass is 10.2. The third-order valence-corrected chi connectivity index (χ3v) is 1.65. The summed E-state index contributed by atoms with van der Waals surface area (Å²) in [6.07, 6.45) is 1.58. The number of aliphatic imine (C=N–C) groups is 1. The van der Waals surface area contributed by atoms with Crippen molar-refractivity contribution in [3.63, 3.8) is 0 Å². The Morgan fingerprint density at radius 2 is 2.20 bits per heavy atom. The zero-order valence-corrected chi connectivity index (χ0v) is 8.54. The number of nitrogens with two attached hydrogens (primary N) is 1. The molecule has 0 saturated heterocycles. The maximum atomic E-state index is 10.4. The van der Waals surface area contributed by atoms with Crippen LogP contribution in [0.15, 0.2) is 23.2 Å². The van der Waals surface area contributed by atoms with Gasteiger partial charge in [0.25, 0.3) is 5.69 Å². The van der Waals surface area contributed by atoms with E-state index in [1.807, 2.05) is 14.1 Å². The fourth-order valence-electron chi connectivity index (χ4n) is 0.951. The lowest BCUT2D eigenvalue weighted by Crippen LogP contribution is -2.07. The summed E-state index contributed by atoms with van der Waals surface area (Å²) in [5.74, 6) is 0. The Morgan fingerprint density at radius 3 is 2.67 bits per heavy atom. The van der Waals surface area contributed by atoms with Gasteiger partial charge in [0.05, 0.1) is 22.6 Å². The molecular weight excluding hydrogens is 196 g/mol. The van der Waals surface area contributed by atoms with Gasteiger partial charge in [0.2, 0.25) is 0 Å². The minimum atomic E-state index is -0.490. The number of benzene rings is 1. The molecule has 0 bridgehead atoms. The second-order valence-corrected chi connectivity index (χ2v) is 3.21. The van der Waals surface area contributed by atoms with E-state index in [0.29, 0.717) is 11.4 Å². The van der Waals surface area contributed by atoms with Crippen LogP contribution in [0.5, 0.6) is 0 Å². The van der Waals surface area contributed by atoms with Gasteiger partial charge >= 0.3 is 0 Å². The summed E-state index contributed by atoms with van der Waals surface area (Å²) in [5.41, 5.74) is 6.39. The minimum absolute atomic E-state index is 0.0312. The first-order valence-corrected chi connectivity index (χ1v) is 4.25. The zero-order valence-electron chi connectivity index (χ0n) is 8.54. The van der Waals surface area contributed by atoms with Crippen molar-refractivity contribution in [3.8, 4) is 0 Å². The molecule has 1 aromatic rings. The standard InChI is InChI=1S/C9H12N4O2/c1-12(2)6-11-9-4-3-7(13(14)15)5-8(9)10/h3-6H,10H2,1-2H3/b11-6+. The number of non-ortho nitro benzene ring substituents is 1. The highest BCUT2D eigenvalue weighted by Crippen LogP contribution is 2.26. The first kappa shape index (κ1) is 11.0. The van der Waals surface area contributed by atoms with E-state index in [4.69, 9.17) is 5.73 Å². The molecule has 0 unspecified atom stereocenters. The van der Waals surface area contributed by atoms with Crippen LogP contribution in [0.25, 0.3) is 0 Å². The lowest BCUT2D eigenvalue weighted by Gasteiger charge is -2.03. The molecule has 15 heavy (non-hydrogen) atoms. The molecule has 6 nitrogen and oxygen atoms in total. The highest BCUT2D eigenvalue weighted by Gasteiger charge is 2.07. The Morgan fingerprint density at radius 1 is 1.53 bits per heavy atom. The van der Waals surface area contributed by atoms with E-state index >= 15 is 0 Å². The molecule has 0 aromatic heterocycles. The molecule has 0 spiro atoms. The average Bonchev–Trinajstić information content (AvgIpc) is 2.15. The molecule has 0 atom stereocenters. The number of nitro benzene ring substituents is 1. The van der Waals surface area contributed by atoms with Crippen molar-refractivity contribution < 1.29 is 4.92 Å². The van der Waals surface area contributed by atoms with Crippen LogP contribution >= 0.6 is 0 Å². The Bertz CT molecular complexity index is 401. The van der Waals surface area contributed by atoms with Crippen LogP contribution in [-0.2, 0) is 0 Å². The van der Waals surface area contributed by atoms with Gasteiger partial charge in [0.15, 0.2) is 0 Å². The van der Waals surface area contributed by atoms with Gasteiger partial charge in [0, 0.05) is 26.2 Å². The van der Waals surface area contributed by atoms with Crippen LogP contribution in [0.1, 0.15) is 0 Å². The van der Waals surface area contributed by atoms with Crippen LogP contribution in [-0.4, -0.2) is 30.3 Å². The van der Waals surface area contributed by atoms with Gasteiger partial charge < -0.3 is 10.6 Å². The van der Waals surface area contributed by atoms with Crippen molar-refractivity contribution >= 4 is 23.4 Å². The molecule has 0 aliphatic rings. The number of nitrogen functional groups attached to an aromatic ring is 1.